The summed E-state index contributed by atoms with van der Waals surface area (Å²) >= 11 is 0. The highest BCUT2D eigenvalue weighted by Gasteiger charge is 2.27. The number of hydrogen-bond donors (Lipinski definition) is 1. The Kier molecular flexibility index (Phi) is 8.60. The second kappa shape index (κ2) is 8.75. The standard InChI is InChI=1S/C12H24F3NO/c1-4-10(2)8-11(3)16-6-5-7-17-9-12(13,14)15/h10-11,16H,4-9H2,1-3H3. The lowest BCUT2D eigenvalue weighted by Crippen LogP contribution is -2.29. The first-order valence-electron chi connectivity index (χ1n) is 6.23. The number of hydrogen-bond acceptors (Lipinski definition) is 2. The van der Waals surface area contributed by atoms with E-state index in [1.54, 1.807) is 0 Å². The van der Waals surface area contributed by atoms with E-state index >= 15 is 0 Å². The zero-order valence-corrected chi connectivity index (χ0v) is 10.9. The van der Waals surface area contributed by atoms with Crippen molar-refractivity contribution in [3.05, 3.63) is 0 Å². The molecule has 0 fully saturated rings. The summed E-state index contributed by atoms with van der Waals surface area (Å²) in [5.74, 6) is 0.680. The Morgan fingerprint density at radius 3 is 2.41 bits per heavy atom. The third-order valence-electron chi connectivity index (χ3n) is 2.68. The van der Waals surface area contributed by atoms with Gasteiger partial charge in [0.15, 0.2) is 0 Å². The van der Waals surface area contributed by atoms with E-state index in [0.29, 0.717) is 24.9 Å². The van der Waals surface area contributed by atoms with Gasteiger partial charge in [-0.1, -0.05) is 20.3 Å². The maximum atomic E-state index is 11.7. The number of rotatable bonds is 9. The molecule has 0 aromatic heterocycles. The number of alkyl halides is 3. The second-order valence-corrected chi connectivity index (χ2v) is 4.63. The van der Waals surface area contributed by atoms with Crippen molar-refractivity contribution in [3.63, 3.8) is 0 Å². The minimum atomic E-state index is -4.21. The Morgan fingerprint density at radius 1 is 1.24 bits per heavy atom. The molecule has 5 heteroatoms. The van der Waals surface area contributed by atoms with Crippen molar-refractivity contribution < 1.29 is 17.9 Å². The van der Waals surface area contributed by atoms with Crippen molar-refractivity contribution in [2.45, 2.75) is 52.3 Å². The average molecular weight is 255 g/mol. The van der Waals surface area contributed by atoms with Gasteiger partial charge in [0.05, 0.1) is 0 Å². The summed E-state index contributed by atoms with van der Waals surface area (Å²) in [4.78, 5) is 0. The molecule has 0 aliphatic heterocycles. The van der Waals surface area contributed by atoms with Crippen molar-refractivity contribution in [2.24, 2.45) is 5.92 Å². The molecule has 2 atom stereocenters. The van der Waals surface area contributed by atoms with Gasteiger partial charge in [0.25, 0.3) is 0 Å². The first kappa shape index (κ1) is 16.7. The van der Waals surface area contributed by atoms with Crippen LogP contribution in [0.2, 0.25) is 0 Å². The molecule has 0 aliphatic carbocycles. The summed E-state index contributed by atoms with van der Waals surface area (Å²) in [5, 5.41) is 3.28. The summed E-state index contributed by atoms with van der Waals surface area (Å²) in [7, 11) is 0. The number of halogens is 3. The van der Waals surface area contributed by atoms with Crippen molar-refractivity contribution >= 4 is 0 Å². The quantitative estimate of drug-likeness (QED) is 0.638. The van der Waals surface area contributed by atoms with Crippen LogP contribution in [0.25, 0.3) is 0 Å². The molecule has 104 valence electrons. The third-order valence-corrected chi connectivity index (χ3v) is 2.68. The normalized spacial score (nSPS) is 15.9. The van der Waals surface area contributed by atoms with Gasteiger partial charge < -0.3 is 10.1 Å². The predicted octanol–water partition coefficient (Wildman–Crippen LogP) is 3.37. The molecule has 0 aliphatic rings. The number of ether oxygens (including phenoxy) is 1. The second-order valence-electron chi connectivity index (χ2n) is 4.63. The largest absolute Gasteiger partial charge is 0.411 e. The van der Waals surface area contributed by atoms with Gasteiger partial charge in [-0.05, 0) is 32.2 Å². The molecular formula is C12H24F3NO. The molecule has 0 amide bonds. The van der Waals surface area contributed by atoms with Crippen molar-refractivity contribution in [1.29, 1.82) is 0 Å². The summed E-state index contributed by atoms with van der Waals surface area (Å²) in [5.41, 5.74) is 0. The maximum Gasteiger partial charge on any atom is 0.411 e. The fraction of sp³-hybridized carbons (Fsp3) is 1.00. The molecule has 0 bridgehead atoms. The molecule has 2 unspecified atom stereocenters. The van der Waals surface area contributed by atoms with E-state index in [0.717, 1.165) is 12.8 Å². The Balaban J connectivity index is 3.33. The van der Waals surface area contributed by atoms with Crippen molar-refractivity contribution in [2.75, 3.05) is 19.8 Å². The van der Waals surface area contributed by atoms with E-state index in [1.165, 1.54) is 0 Å². The Morgan fingerprint density at radius 2 is 1.88 bits per heavy atom. The van der Waals surface area contributed by atoms with Crippen LogP contribution in [-0.2, 0) is 4.74 Å². The van der Waals surface area contributed by atoms with Crippen molar-refractivity contribution in [1.82, 2.24) is 5.32 Å². The fourth-order valence-corrected chi connectivity index (χ4v) is 1.56. The molecular weight excluding hydrogens is 231 g/mol. The van der Waals surface area contributed by atoms with Gasteiger partial charge in [0, 0.05) is 12.6 Å². The van der Waals surface area contributed by atoms with E-state index in [-0.39, 0.29) is 6.61 Å². The van der Waals surface area contributed by atoms with E-state index in [4.69, 9.17) is 0 Å². The van der Waals surface area contributed by atoms with Crippen LogP contribution in [0.4, 0.5) is 13.2 Å². The molecule has 0 saturated heterocycles. The Hall–Kier alpha value is -0.290. The van der Waals surface area contributed by atoms with Gasteiger partial charge in [-0.3, -0.25) is 0 Å². The zero-order valence-electron chi connectivity index (χ0n) is 10.9. The van der Waals surface area contributed by atoms with Crippen LogP contribution in [0.15, 0.2) is 0 Å². The first-order valence-corrected chi connectivity index (χ1v) is 6.23. The van der Waals surface area contributed by atoms with Crippen LogP contribution < -0.4 is 5.32 Å². The molecule has 0 saturated carbocycles. The first-order chi connectivity index (χ1) is 7.85. The van der Waals surface area contributed by atoms with Gasteiger partial charge in [0.2, 0.25) is 0 Å². The van der Waals surface area contributed by atoms with Gasteiger partial charge in [-0.2, -0.15) is 13.2 Å². The Labute approximate surface area is 102 Å². The van der Waals surface area contributed by atoms with E-state index < -0.39 is 12.8 Å². The average Bonchev–Trinajstić information content (AvgIpc) is 2.21. The highest BCUT2D eigenvalue weighted by atomic mass is 19.4. The zero-order chi connectivity index (χ0) is 13.3. The minimum Gasteiger partial charge on any atom is -0.372 e. The minimum absolute atomic E-state index is 0.155. The predicted molar refractivity (Wildman–Crippen MR) is 63.0 cm³/mol. The monoisotopic (exact) mass is 255 g/mol. The van der Waals surface area contributed by atoms with Crippen LogP contribution in [0.5, 0.6) is 0 Å². The maximum absolute atomic E-state index is 11.7. The van der Waals surface area contributed by atoms with Gasteiger partial charge >= 0.3 is 6.18 Å². The van der Waals surface area contributed by atoms with Crippen LogP contribution in [-0.4, -0.2) is 32.0 Å². The van der Waals surface area contributed by atoms with Gasteiger partial charge in [-0.25, -0.2) is 0 Å². The summed E-state index contributed by atoms with van der Waals surface area (Å²) in [6.07, 6.45) is -1.35. The molecule has 1 N–H and O–H groups in total. The lowest BCUT2D eigenvalue weighted by atomic mass is 10.0. The third kappa shape index (κ3) is 12.0. The van der Waals surface area contributed by atoms with E-state index in [9.17, 15) is 13.2 Å². The topological polar surface area (TPSA) is 21.3 Å². The van der Waals surface area contributed by atoms with Crippen LogP contribution in [0, 0.1) is 5.92 Å². The van der Waals surface area contributed by atoms with E-state index in [2.05, 4.69) is 30.8 Å². The molecule has 0 heterocycles. The Bertz CT molecular complexity index is 185. The fourth-order valence-electron chi connectivity index (χ4n) is 1.56. The summed E-state index contributed by atoms with van der Waals surface area (Å²) in [6, 6.07) is 0.410. The highest BCUT2D eigenvalue weighted by molar-refractivity contribution is 4.64. The molecule has 0 radical (unpaired) electrons. The van der Waals surface area contributed by atoms with Crippen LogP contribution in [0.3, 0.4) is 0 Å². The number of nitrogens with one attached hydrogen (secondary N) is 1. The molecule has 0 aromatic carbocycles. The molecule has 2 nitrogen and oxygen atoms in total. The molecule has 0 aromatic rings. The SMILES string of the molecule is CCC(C)CC(C)NCCCOCC(F)(F)F. The lowest BCUT2D eigenvalue weighted by molar-refractivity contribution is -0.173. The lowest BCUT2D eigenvalue weighted by Gasteiger charge is -2.17. The smallest absolute Gasteiger partial charge is 0.372 e. The molecule has 0 rings (SSSR count). The highest BCUT2D eigenvalue weighted by Crippen LogP contribution is 2.14. The molecule has 17 heavy (non-hydrogen) atoms. The van der Waals surface area contributed by atoms with Gasteiger partial charge in [-0.15, -0.1) is 0 Å². The van der Waals surface area contributed by atoms with Crippen LogP contribution in [0.1, 0.15) is 40.0 Å². The van der Waals surface area contributed by atoms with E-state index in [1.807, 2.05) is 0 Å². The van der Waals surface area contributed by atoms with Crippen LogP contribution >= 0.6 is 0 Å². The summed E-state index contributed by atoms with van der Waals surface area (Å²) < 4.78 is 39.7. The van der Waals surface area contributed by atoms with Crippen molar-refractivity contribution in [3.8, 4) is 0 Å². The van der Waals surface area contributed by atoms with Gasteiger partial charge in [0.1, 0.15) is 6.61 Å². The summed E-state index contributed by atoms with van der Waals surface area (Å²) in [6.45, 7) is 6.17. The molecule has 0 spiro atoms.